The molecule has 0 bridgehead atoms. The highest BCUT2D eigenvalue weighted by molar-refractivity contribution is 7.11. The Bertz CT molecular complexity index is 665. The van der Waals surface area contributed by atoms with E-state index in [1.54, 1.807) is 18.4 Å². The summed E-state index contributed by atoms with van der Waals surface area (Å²) in [5, 5.41) is 7.75. The maximum Gasteiger partial charge on any atom is 0.191 e. The molecule has 0 aliphatic rings. The number of guanidine groups is 1. The lowest BCUT2D eigenvalue weighted by Crippen LogP contribution is -2.36. The zero-order valence-corrected chi connectivity index (χ0v) is 16.1. The number of nitrogens with one attached hydrogen (secondary N) is 2. The monoisotopic (exact) mass is 344 g/mol. The second kappa shape index (κ2) is 8.29. The molecular formula is C19H28N4S. The van der Waals surface area contributed by atoms with Crippen LogP contribution in [0.3, 0.4) is 0 Å². The molecular weight excluding hydrogens is 316 g/mol. The molecule has 0 atom stereocenters. The van der Waals surface area contributed by atoms with E-state index >= 15 is 0 Å². The summed E-state index contributed by atoms with van der Waals surface area (Å²) >= 11 is 1.75. The molecule has 1 aromatic heterocycles. The Kier molecular flexibility index (Phi) is 6.37. The third-order valence-electron chi connectivity index (χ3n) is 3.86. The van der Waals surface area contributed by atoms with Crippen LogP contribution in [0.15, 0.2) is 35.5 Å². The number of benzene rings is 1. The summed E-state index contributed by atoms with van der Waals surface area (Å²) in [7, 11) is 1.79. The van der Waals surface area contributed by atoms with Gasteiger partial charge in [0.15, 0.2) is 5.96 Å². The highest BCUT2D eigenvalue weighted by atomic mass is 32.1. The lowest BCUT2D eigenvalue weighted by atomic mass is 9.87. The van der Waals surface area contributed by atoms with Gasteiger partial charge in [-0.2, -0.15) is 0 Å². The zero-order chi connectivity index (χ0) is 17.6. The Morgan fingerprint density at radius 2 is 1.79 bits per heavy atom. The van der Waals surface area contributed by atoms with Crippen LogP contribution in [0.2, 0.25) is 0 Å². The van der Waals surface area contributed by atoms with E-state index in [1.807, 2.05) is 6.20 Å². The normalized spacial score (nSPS) is 12.3. The first-order valence-electron chi connectivity index (χ1n) is 8.40. The van der Waals surface area contributed by atoms with Gasteiger partial charge in [0, 0.05) is 24.7 Å². The molecule has 4 nitrogen and oxygen atoms in total. The summed E-state index contributed by atoms with van der Waals surface area (Å²) in [6.45, 7) is 10.3. The lowest BCUT2D eigenvalue weighted by Gasteiger charge is -2.19. The molecule has 0 fully saturated rings. The summed E-state index contributed by atoms with van der Waals surface area (Å²) in [5.74, 6) is 0.795. The lowest BCUT2D eigenvalue weighted by molar-refractivity contribution is 0.590. The predicted molar refractivity (Wildman–Crippen MR) is 104 cm³/mol. The quantitative estimate of drug-likeness (QED) is 0.639. The van der Waals surface area contributed by atoms with Crippen molar-refractivity contribution in [3.63, 3.8) is 0 Å². The minimum absolute atomic E-state index is 0.189. The maximum absolute atomic E-state index is 4.42. The van der Waals surface area contributed by atoms with Crippen LogP contribution in [0.25, 0.3) is 0 Å². The zero-order valence-electron chi connectivity index (χ0n) is 15.3. The van der Waals surface area contributed by atoms with Gasteiger partial charge in [0.25, 0.3) is 0 Å². The average molecular weight is 345 g/mol. The van der Waals surface area contributed by atoms with Gasteiger partial charge in [-0.1, -0.05) is 52.0 Å². The van der Waals surface area contributed by atoms with Crippen LogP contribution >= 0.6 is 11.3 Å². The standard InChI is InChI=1S/C19H28N4S/c1-6-16-12-21-17(24-16)13-23-18(20-5)22-11-14-7-9-15(10-8-14)19(2,3)4/h7-10,12H,6,11,13H2,1-5H3,(H2,20,22,23). The van der Waals surface area contributed by atoms with Crippen molar-refractivity contribution in [2.45, 2.75) is 52.6 Å². The molecule has 5 heteroatoms. The fourth-order valence-corrected chi connectivity index (χ4v) is 3.08. The number of aliphatic imine (C=N–C) groups is 1. The molecule has 1 aromatic carbocycles. The van der Waals surface area contributed by atoms with Crippen molar-refractivity contribution in [1.29, 1.82) is 0 Å². The van der Waals surface area contributed by atoms with Crippen LogP contribution in [0.5, 0.6) is 0 Å². The number of rotatable bonds is 5. The van der Waals surface area contributed by atoms with Gasteiger partial charge in [0.05, 0.1) is 6.54 Å². The van der Waals surface area contributed by atoms with Gasteiger partial charge in [-0.05, 0) is 23.0 Å². The number of aryl methyl sites for hydroxylation is 1. The Morgan fingerprint density at radius 3 is 2.33 bits per heavy atom. The molecule has 0 radical (unpaired) electrons. The van der Waals surface area contributed by atoms with E-state index in [0.29, 0.717) is 6.54 Å². The molecule has 0 saturated carbocycles. The van der Waals surface area contributed by atoms with E-state index in [0.717, 1.165) is 23.9 Å². The van der Waals surface area contributed by atoms with Gasteiger partial charge >= 0.3 is 0 Å². The first-order valence-corrected chi connectivity index (χ1v) is 9.21. The molecule has 24 heavy (non-hydrogen) atoms. The van der Waals surface area contributed by atoms with E-state index in [9.17, 15) is 0 Å². The van der Waals surface area contributed by atoms with Crippen LogP contribution in [0.1, 0.15) is 48.7 Å². The average Bonchev–Trinajstić information content (AvgIpc) is 3.02. The Hall–Kier alpha value is -1.88. The molecule has 1 heterocycles. The highest BCUT2D eigenvalue weighted by Crippen LogP contribution is 2.22. The number of nitrogens with zero attached hydrogens (tertiary/aromatic N) is 2. The van der Waals surface area contributed by atoms with Crippen molar-refractivity contribution in [2.24, 2.45) is 4.99 Å². The van der Waals surface area contributed by atoms with Crippen LogP contribution in [0.4, 0.5) is 0 Å². The second-order valence-electron chi connectivity index (χ2n) is 6.80. The Morgan fingerprint density at radius 1 is 1.12 bits per heavy atom. The highest BCUT2D eigenvalue weighted by Gasteiger charge is 2.12. The minimum Gasteiger partial charge on any atom is -0.352 e. The van der Waals surface area contributed by atoms with E-state index < -0.39 is 0 Å². The molecule has 0 saturated heterocycles. The predicted octanol–water partition coefficient (Wildman–Crippen LogP) is 3.87. The van der Waals surface area contributed by atoms with E-state index in [-0.39, 0.29) is 5.41 Å². The third-order valence-corrected chi connectivity index (χ3v) is 5.00. The Labute approximate surface area is 149 Å². The Balaban J connectivity index is 1.85. The topological polar surface area (TPSA) is 49.3 Å². The minimum atomic E-state index is 0.189. The molecule has 0 aliphatic heterocycles. The van der Waals surface area contributed by atoms with Crippen LogP contribution in [-0.4, -0.2) is 18.0 Å². The van der Waals surface area contributed by atoms with Crippen LogP contribution in [0, 0.1) is 0 Å². The summed E-state index contributed by atoms with van der Waals surface area (Å²) in [6, 6.07) is 8.76. The SMILES string of the molecule is CCc1cnc(CNC(=NC)NCc2ccc(C(C)(C)C)cc2)s1. The fourth-order valence-electron chi connectivity index (χ4n) is 2.28. The van der Waals surface area contributed by atoms with Crippen molar-refractivity contribution < 1.29 is 0 Å². The molecule has 2 aromatic rings. The molecule has 2 N–H and O–H groups in total. The van der Waals surface area contributed by atoms with Crippen molar-refractivity contribution in [3.8, 4) is 0 Å². The van der Waals surface area contributed by atoms with Gasteiger partial charge in [-0.15, -0.1) is 11.3 Å². The molecule has 0 amide bonds. The molecule has 0 aliphatic carbocycles. The molecule has 0 unspecified atom stereocenters. The van der Waals surface area contributed by atoms with E-state index in [2.05, 4.69) is 72.6 Å². The van der Waals surface area contributed by atoms with Crippen molar-refractivity contribution >= 4 is 17.3 Å². The first-order chi connectivity index (χ1) is 11.4. The van der Waals surface area contributed by atoms with Crippen molar-refractivity contribution in [2.75, 3.05) is 7.05 Å². The van der Waals surface area contributed by atoms with Crippen molar-refractivity contribution in [1.82, 2.24) is 15.6 Å². The molecule has 130 valence electrons. The summed E-state index contributed by atoms with van der Waals surface area (Å²) in [5.41, 5.74) is 2.78. The van der Waals surface area contributed by atoms with Crippen molar-refractivity contribution in [3.05, 3.63) is 51.5 Å². The third kappa shape index (κ3) is 5.34. The number of aromatic nitrogens is 1. The summed E-state index contributed by atoms with van der Waals surface area (Å²) in [6.07, 6.45) is 2.99. The first kappa shape index (κ1) is 18.5. The summed E-state index contributed by atoms with van der Waals surface area (Å²) in [4.78, 5) is 10.0. The van der Waals surface area contributed by atoms with Crippen LogP contribution in [-0.2, 0) is 24.9 Å². The van der Waals surface area contributed by atoms with Gasteiger partial charge in [0.2, 0.25) is 0 Å². The second-order valence-corrected chi connectivity index (χ2v) is 8.00. The smallest absolute Gasteiger partial charge is 0.191 e. The number of thiazole rings is 1. The number of hydrogen-bond donors (Lipinski definition) is 2. The molecule has 2 rings (SSSR count). The van der Waals surface area contributed by atoms with Gasteiger partial charge in [0.1, 0.15) is 5.01 Å². The number of hydrogen-bond acceptors (Lipinski definition) is 3. The molecule has 0 spiro atoms. The van der Waals surface area contributed by atoms with E-state index in [4.69, 9.17) is 0 Å². The van der Waals surface area contributed by atoms with Gasteiger partial charge in [-0.3, -0.25) is 4.99 Å². The largest absolute Gasteiger partial charge is 0.352 e. The van der Waals surface area contributed by atoms with Gasteiger partial charge < -0.3 is 10.6 Å². The maximum atomic E-state index is 4.42. The summed E-state index contributed by atoms with van der Waals surface area (Å²) < 4.78 is 0. The fraction of sp³-hybridized carbons (Fsp3) is 0.474. The van der Waals surface area contributed by atoms with Crippen LogP contribution < -0.4 is 10.6 Å². The van der Waals surface area contributed by atoms with Gasteiger partial charge in [-0.25, -0.2) is 4.98 Å². The van der Waals surface area contributed by atoms with E-state index in [1.165, 1.54) is 16.0 Å².